The fourth-order valence-corrected chi connectivity index (χ4v) is 2.89. The van der Waals surface area contributed by atoms with Gasteiger partial charge in [-0.15, -0.1) is 0 Å². The summed E-state index contributed by atoms with van der Waals surface area (Å²) in [5.74, 6) is 0.855. The molecule has 0 saturated carbocycles. The average molecular weight is 313 g/mol. The molecular weight excluding hydrogens is 290 g/mol. The Kier molecular flexibility index (Phi) is 4.62. The van der Waals surface area contributed by atoms with Gasteiger partial charge in [0.15, 0.2) is 0 Å². The number of aromatic nitrogens is 2. The van der Waals surface area contributed by atoms with Crippen LogP contribution in [0.5, 0.6) is 0 Å². The van der Waals surface area contributed by atoms with E-state index >= 15 is 0 Å². The van der Waals surface area contributed by atoms with Gasteiger partial charge in [0.2, 0.25) is 0 Å². The van der Waals surface area contributed by atoms with Crippen molar-refractivity contribution in [3.05, 3.63) is 47.9 Å². The zero-order valence-corrected chi connectivity index (χ0v) is 13.4. The van der Waals surface area contributed by atoms with Gasteiger partial charge >= 0.3 is 0 Å². The number of carbonyl (C=O) groups excluding carboxylic acids is 1. The Bertz CT molecular complexity index is 681. The summed E-state index contributed by atoms with van der Waals surface area (Å²) < 4.78 is 1.92. The first-order valence-corrected chi connectivity index (χ1v) is 8.07. The summed E-state index contributed by atoms with van der Waals surface area (Å²) in [6, 6.07) is 9.83. The van der Waals surface area contributed by atoms with Gasteiger partial charge in [0.05, 0.1) is 12.2 Å². The Labute approximate surface area is 136 Å². The number of nitrogens with zero attached hydrogens (tertiary/aromatic N) is 3. The lowest BCUT2D eigenvalue weighted by Gasteiger charge is -2.17. The molecule has 23 heavy (non-hydrogen) atoms. The normalized spacial score (nSPS) is 17.5. The summed E-state index contributed by atoms with van der Waals surface area (Å²) in [7, 11) is 0. The minimum absolute atomic E-state index is 0.0766. The van der Waals surface area contributed by atoms with Crippen LogP contribution in [0.3, 0.4) is 0 Å². The van der Waals surface area contributed by atoms with E-state index in [1.165, 1.54) is 0 Å². The number of rotatable bonds is 5. The molecule has 0 radical (unpaired) electrons. The zero-order chi connectivity index (χ0) is 16.2. The number of hydrogen-bond acceptors (Lipinski definition) is 4. The molecule has 122 valence electrons. The van der Waals surface area contributed by atoms with Crippen LogP contribution in [-0.4, -0.2) is 34.6 Å². The van der Waals surface area contributed by atoms with Crippen molar-refractivity contribution in [1.29, 1.82) is 0 Å². The topological polar surface area (TPSA) is 76.2 Å². The van der Waals surface area contributed by atoms with E-state index < -0.39 is 0 Å². The van der Waals surface area contributed by atoms with Crippen molar-refractivity contribution in [3.8, 4) is 0 Å². The van der Waals surface area contributed by atoms with Crippen LogP contribution in [0.4, 0.5) is 5.82 Å². The van der Waals surface area contributed by atoms with Crippen molar-refractivity contribution in [3.63, 3.8) is 0 Å². The van der Waals surface area contributed by atoms with E-state index in [-0.39, 0.29) is 11.9 Å². The van der Waals surface area contributed by atoms with E-state index in [0.717, 1.165) is 37.6 Å². The van der Waals surface area contributed by atoms with Gasteiger partial charge in [-0.3, -0.25) is 4.79 Å². The van der Waals surface area contributed by atoms with Crippen LogP contribution in [0.15, 0.2) is 36.5 Å². The van der Waals surface area contributed by atoms with E-state index in [4.69, 9.17) is 5.73 Å². The highest BCUT2D eigenvalue weighted by Crippen LogP contribution is 2.17. The highest BCUT2D eigenvalue weighted by atomic mass is 16.1. The van der Waals surface area contributed by atoms with Crippen LogP contribution in [0.2, 0.25) is 0 Å². The molecule has 0 spiro atoms. The second-order valence-corrected chi connectivity index (χ2v) is 5.84. The molecule has 0 bridgehead atoms. The van der Waals surface area contributed by atoms with Crippen LogP contribution in [0, 0.1) is 0 Å². The van der Waals surface area contributed by atoms with Crippen LogP contribution >= 0.6 is 0 Å². The van der Waals surface area contributed by atoms with E-state index in [1.54, 1.807) is 0 Å². The molecule has 2 aromatic heterocycles. The maximum atomic E-state index is 12.3. The molecule has 0 aliphatic carbocycles. The molecule has 1 atom stereocenters. The maximum absolute atomic E-state index is 12.3. The molecule has 1 saturated heterocycles. The molecule has 6 heteroatoms. The van der Waals surface area contributed by atoms with Gasteiger partial charge in [0.25, 0.3) is 5.91 Å². The fraction of sp³-hybridized carbons (Fsp3) is 0.412. The zero-order valence-electron chi connectivity index (χ0n) is 13.4. The third-order valence-electron chi connectivity index (χ3n) is 4.17. The summed E-state index contributed by atoms with van der Waals surface area (Å²) >= 11 is 0. The molecule has 2 aromatic rings. The Hall–Kier alpha value is -2.34. The predicted molar refractivity (Wildman–Crippen MR) is 90.3 cm³/mol. The lowest BCUT2D eigenvalue weighted by molar-refractivity contribution is 0.0941. The van der Waals surface area contributed by atoms with Gasteiger partial charge in [-0.05, 0) is 37.6 Å². The Balaban J connectivity index is 1.63. The van der Waals surface area contributed by atoms with Gasteiger partial charge in [0, 0.05) is 31.9 Å². The number of pyridine rings is 1. The average Bonchev–Trinajstić information content (AvgIpc) is 3.21. The number of anilines is 1. The number of nitrogens with two attached hydrogens (primary N) is 1. The smallest absolute Gasteiger partial charge is 0.268 e. The number of carbonyl (C=O) groups is 1. The highest BCUT2D eigenvalue weighted by molar-refractivity contribution is 5.92. The van der Waals surface area contributed by atoms with Crippen LogP contribution in [0.1, 0.15) is 29.5 Å². The minimum Gasteiger partial charge on any atom is -0.355 e. The van der Waals surface area contributed by atoms with Gasteiger partial charge in [-0.1, -0.05) is 6.07 Å². The first kappa shape index (κ1) is 15.6. The van der Waals surface area contributed by atoms with Gasteiger partial charge in [-0.25, -0.2) is 4.98 Å². The SMILES string of the molecule is CCn1cccc1C(=O)NCc1cccc(N2CCC(N)C2)n1. The number of aryl methyl sites for hydroxylation is 1. The summed E-state index contributed by atoms with van der Waals surface area (Å²) in [5.41, 5.74) is 7.48. The minimum atomic E-state index is -0.0766. The lowest BCUT2D eigenvalue weighted by Crippen LogP contribution is -2.28. The first-order valence-electron chi connectivity index (χ1n) is 8.07. The third-order valence-corrected chi connectivity index (χ3v) is 4.17. The Morgan fingerprint density at radius 1 is 1.39 bits per heavy atom. The van der Waals surface area contributed by atoms with E-state index in [1.807, 2.05) is 48.0 Å². The summed E-state index contributed by atoms with van der Waals surface area (Å²) in [6.07, 6.45) is 2.90. The molecule has 6 nitrogen and oxygen atoms in total. The maximum Gasteiger partial charge on any atom is 0.268 e. The fourth-order valence-electron chi connectivity index (χ4n) is 2.89. The lowest BCUT2D eigenvalue weighted by atomic mass is 10.3. The van der Waals surface area contributed by atoms with Gasteiger partial charge < -0.3 is 20.5 Å². The highest BCUT2D eigenvalue weighted by Gasteiger charge is 2.20. The Morgan fingerprint density at radius 2 is 2.26 bits per heavy atom. The predicted octanol–water partition coefficient (Wildman–Crippen LogP) is 1.37. The molecule has 1 amide bonds. The molecule has 1 aliphatic heterocycles. The third kappa shape index (κ3) is 3.53. The van der Waals surface area contributed by atoms with Crippen molar-refractivity contribution < 1.29 is 4.79 Å². The van der Waals surface area contributed by atoms with E-state index in [9.17, 15) is 4.79 Å². The molecule has 1 fully saturated rings. The van der Waals surface area contributed by atoms with Crippen molar-refractivity contribution in [2.45, 2.75) is 32.5 Å². The largest absolute Gasteiger partial charge is 0.355 e. The van der Waals surface area contributed by atoms with Crippen LogP contribution in [-0.2, 0) is 13.1 Å². The van der Waals surface area contributed by atoms with Crippen LogP contribution < -0.4 is 16.0 Å². The molecule has 3 N–H and O–H groups in total. The van der Waals surface area contributed by atoms with Crippen LogP contribution in [0.25, 0.3) is 0 Å². The molecular formula is C17H23N5O. The summed E-state index contributed by atoms with van der Waals surface area (Å²) in [4.78, 5) is 19.1. The number of nitrogens with one attached hydrogen (secondary N) is 1. The van der Waals surface area contributed by atoms with E-state index in [0.29, 0.717) is 12.2 Å². The number of amides is 1. The quantitative estimate of drug-likeness (QED) is 0.874. The molecule has 3 heterocycles. The first-order chi connectivity index (χ1) is 11.2. The summed E-state index contributed by atoms with van der Waals surface area (Å²) in [5, 5.41) is 2.94. The second kappa shape index (κ2) is 6.83. The molecule has 1 aliphatic rings. The second-order valence-electron chi connectivity index (χ2n) is 5.84. The molecule has 3 rings (SSSR count). The molecule has 1 unspecified atom stereocenters. The van der Waals surface area contributed by atoms with Gasteiger partial charge in [0.1, 0.15) is 11.5 Å². The van der Waals surface area contributed by atoms with E-state index in [2.05, 4.69) is 15.2 Å². The van der Waals surface area contributed by atoms with Crippen molar-refractivity contribution in [2.75, 3.05) is 18.0 Å². The monoisotopic (exact) mass is 313 g/mol. The molecule has 0 aromatic carbocycles. The van der Waals surface area contributed by atoms with Crippen molar-refractivity contribution in [2.24, 2.45) is 5.73 Å². The van der Waals surface area contributed by atoms with Crippen molar-refractivity contribution >= 4 is 11.7 Å². The Morgan fingerprint density at radius 3 is 3.00 bits per heavy atom. The van der Waals surface area contributed by atoms with Gasteiger partial charge in [-0.2, -0.15) is 0 Å². The number of hydrogen-bond donors (Lipinski definition) is 2. The standard InChI is InChI=1S/C17H23N5O/c1-2-21-9-4-6-15(21)17(23)19-11-14-5-3-7-16(20-14)22-10-8-13(18)12-22/h3-7,9,13H,2,8,10-12,18H2,1H3,(H,19,23). The van der Waals surface area contributed by atoms with Crippen molar-refractivity contribution in [1.82, 2.24) is 14.9 Å². The summed E-state index contributed by atoms with van der Waals surface area (Å²) in [6.45, 7) is 4.99.